The summed E-state index contributed by atoms with van der Waals surface area (Å²) in [4.78, 5) is 42.6. The number of rotatable bonds is 5. The molecule has 1 atom stereocenters. The monoisotopic (exact) mass is 364 g/mol. The van der Waals surface area contributed by atoms with Crippen molar-refractivity contribution in [3.05, 3.63) is 0 Å². The Morgan fingerprint density at radius 2 is 1.96 bits per heavy atom. The highest BCUT2D eigenvalue weighted by Gasteiger charge is 2.75. The van der Waals surface area contributed by atoms with Gasteiger partial charge in [0.15, 0.2) is 0 Å². The molecule has 5 fully saturated rings. The minimum atomic E-state index is -0.270. The van der Waals surface area contributed by atoms with Gasteiger partial charge in [0, 0.05) is 38.8 Å². The number of amides is 4. The molecule has 0 spiro atoms. The summed E-state index contributed by atoms with van der Waals surface area (Å²) >= 11 is 0. The third-order valence-corrected chi connectivity index (χ3v) is 6.62. The number of nitrogens with zero attached hydrogens (tertiary/aromatic N) is 3. The maximum atomic E-state index is 12.9. The van der Waals surface area contributed by atoms with Crippen LogP contribution in [0.1, 0.15) is 39.0 Å². The molecule has 0 aromatic carbocycles. The molecule has 2 aliphatic heterocycles. The first-order valence-corrected chi connectivity index (χ1v) is 9.67. The Labute approximate surface area is 153 Å². The van der Waals surface area contributed by atoms with Crippen molar-refractivity contribution in [2.75, 3.05) is 39.8 Å². The number of unbranched alkanes of at least 4 members (excludes halogenated alkanes) is 1. The lowest BCUT2D eigenvalue weighted by Crippen LogP contribution is -2.78. The van der Waals surface area contributed by atoms with E-state index < -0.39 is 0 Å². The van der Waals surface area contributed by atoms with Crippen molar-refractivity contribution in [3.63, 3.8) is 0 Å². The number of nitrogens with one attached hydrogen (secondary N) is 1. The van der Waals surface area contributed by atoms with E-state index in [9.17, 15) is 14.4 Å². The van der Waals surface area contributed by atoms with Crippen molar-refractivity contribution in [3.8, 4) is 0 Å². The van der Waals surface area contributed by atoms with E-state index in [1.807, 2.05) is 9.80 Å². The number of piperazine rings is 1. The van der Waals surface area contributed by atoms with Gasteiger partial charge in [0.25, 0.3) is 0 Å². The second-order valence-corrected chi connectivity index (χ2v) is 8.27. The van der Waals surface area contributed by atoms with E-state index in [1.54, 1.807) is 11.9 Å². The normalized spacial score (nSPS) is 34.8. The predicted octanol–water partition coefficient (Wildman–Crippen LogP) is 1.01. The van der Waals surface area contributed by atoms with E-state index in [0.29, 0.717) is 32.8 Å². The Balaban J connectivity index is 1.34. The van der Waals surface area contributed by atoms with Gasteiger partial charge in [-0.1, -0.05) is 13.3 Å². The lowest BCUT2D eigenvalue weighted by molar-refractivity contribution is -0.204. The Morgan fingerprint density at radius 3 is 2.62 bits per heavy atom. The van der Waals surface area contributed by atoms with Gasteiger partial charge in [0.2, 0.25) is 5.91 Å². The molecule has 2 saturated heterocycles. The Bertz CT molecular complexity index is 617. The molecule has 5 aliphatic rings. The van der Waals surface area contributed by atoms with Gasteiger partial charge in [-0.25, -0.2) is 9.59 Å². The van der Waals surface area contributed by atoms with Gasteiger partial charge >= 0.3 is 12.1 Å². The first kappa shape index (κ1) is 17.4. The van der Waals surface area contributed by atoms with Crippen LogP contribution >= 0.6 is 0 Å². The third-order valence-electron chi connectivity index (χ3n) is 6.62. The SMILES string of the molecule is CCCCOC(=O)N1CCN2C(=O)N(C34CC(C(=O)NC)(C3)C4)C[C@@H]2C1. The first-order chi connectivity index (χ1) is 12.4. The predicted molar refractivity (Wildman–Crippen MR) is 93.5 cm³/mol. The summed E-state index contributed by atoms with van der Waals surface area (Å²) in [5.74, 6) is 0.102. The molecule has 2 bridgehead atoms. The van der Waals surface area contributed by atoms with Crippen LogP contribution in [0.15, 0.2) is 0 Å². The smallest absolute Gasteiger partial charge is 0.409 e. The Morgan fingerprint density at radius 1 is 1.23 bits per heavy atom. The van der Waals surface area contributed by atoms with E-state index in [1.165, 1.54) is 0 Å². The first-order valence-electron chi connectivity index (χ1n) is 9.67. The van der Waals surface area contributed by atoms with E-state index in [4.69, 9.17) is 4.74 Å². The summed E-state index contributed by atoms with van der Waals surface area (Å²) in [6.45, 7) is 4.77. The van der Waals surface area contributed by atoms with E-state index in [-0.39, 0.29) is 35.0 Å². The number of urea groups is 1. The highest BCUT2D eigenvalue weighted by Crippen LogP contribution is 2.70. The molecule has 26 heavy (non-hydrogen) atoms. The van der Waals surface area contributed by atoms with Gasteiger partial charge < -0.3 is 24.8 Å². The van der Waals surface area contributed by atoms with Gasteiger partial charge in [0.1, 0.15) is 0 Å². The number of hydrogen-bond acceptors (Lipinski definition) is 4. The van der Waals surface area contributed by atoms with Crippen LogP contribution in [-0.2, 0) is 9.53 Å². The zero-order valence-corrected chi connectivity index (χ0v) is 15.6. The number of carbonyl (C=O) groups is 3. The van der Waals surface area contributed by atoms with Crippen LogP contribution in [0.5, 0.6) is 0 Å². The molecule has 3 aliphatic carbocycles. The highest BCUT2D eigenvalue weighted by atomic mass is 16.6. The van der Waals surface area contributed by atoms with Crippen LogP contribution in [0.3, 0.4) is 0 Å². The summed E-state index contributed by atoms with van der Waals surface area (Å²) in [5, 5.41) is 2.74. The van der Waals surface area contributed by atoms with Crippen molar-refractivity contribution in [1.82, 2.24) is 20.0 Å². The molecule has 8 nitrogen and oxygen atoms in total. The zero-order valence-electron chi connectivity index (χ0n) is 15.6. The van der Waals surface area contributed by atoms with E-state index in [2.05, 4.69) is 12.2 Å². The Hall–Kier alpha value is -1.99. The molecule has 0 unspecified atom stereocenters. The van der Waals surface area contributed by atoms with Gasteiger partial charge in [-0.3, -0.25) is 4.79 Å². The van der Waals surface area contributed by atoms with Gasteiger partial charge in [0.05, 0.1) is 18.1 Å². The minimum absolute atomic E-state index is 0.0277. The highest BCUT2D eigenvalue weighted by molar-refractivity contribution is 5.88. The molecule has 2 heterocycles. The fourth-order valence-corrected chi connectivity index (χ4v) is 5.19. The zero-order chi connectivity index (χ0) is 18.5. The second-order valence-electron chi connectivity index (χ2n) is 8.27. The molecule has 0 aromatic heterocycles. The van der Waals surface area contributed by atoms with E-state index in [0.717, 1.165) is 32.1 Å². The van der Waals surface area contributed by atoms with Crippen molar-refractivity contribution in [2.24, 2.45) is 5.41 Å². The van der Waals surface area contributed by atoms with Crippen molar-refractivity contribution >= 4 is 18.0 Å². The van der Waals surface area contributed by atoms with Crippen LogP contribution < -0.4 is 5.32 Å². The maximum Gasteiger partial charge on any atom is 0.409 e. The van der Waals surface area contributed by atoms with Gasteiger partial charge in [-0.15, -0.1) is 0 Å². The van der Waals surface area contributed by atoms with Crippen LogP contribution in [0.4, 0.5) is 9.59 Å². The largest absolute Gasteiger partial charge is 0.449 e. The summed E-state index contributed by atoms with van der Waals surface area (Å²) in [5.41, 5.74) is -0.374. The second kappa shape index (κ2) is 6.03. The fourth-order valence-electron chi connectivity index (χ4n) is 5.19. The maximum absolute atomic E-state index is 12.9. The molecule has 3 saturated carbocycles. The quantitative estimate of drug-likeness (QED) is 0.738. The molecule has 0 radical (unpaired) electrons. The number of hydrogen-bond donors (Lipinski definition) is 1. The minimum Gasteiger partial charge on any atom is -0.449 e. The summed E-state index contributed by atoms with van der Waals surface area (Å²) in [6.07, 6.45) is 3.91. The molecule has 5 rings (SSSR count). The van der Waals surface area contributed by atoms with Crippen LogP contribution in [0.2, 0.25) is 0 Å². The number of ether oxygens (including phenoxy) is 1. The van der Waals surface area contributed by atoms with Crippen molar-refractivity contribution in [1.29, 1.82) is 0 Å². The lowest BCUT2D eigenvalue weighted by Gasteiger charge is -2.71. The van der Waals surface area contributed by atoms with Crippen LogP contribution in [0.25, 0.3) is 0 Å². The van der Waals surface area contributed by atoms with Crippen LogP contribution in [-0.4, -0.2) is 84.1 Å². The van der Waals surface area contributed by atoms with Gasteiger partial charge in [-0.2, -0.15) is 0 Å². The topological polar surface area (TPSA) is 82.2 Å². The average molecular weight is 364 g/mol. The van der Waals surface area contributed by atoms with Crippen LogP contribution in [0, 0.1) is 5.41 Å². The number of carbonyl (C=O) groups excluding carboxylic acids is 3. The molecule has 4 amide bonds. The average Bonchev–Trinajstić information content (AvgIpc) is 2.89. The molecule has 144 valence electrons. The van der Waals surface area contributed by atoms with Gasteiger partial charge in [-0.05, 0) is 25.7 Å². The fraction of sp³-hybridized carbons (Fsp3) is 0.833. The molecule has 8 heteroatoms. The number of fused-ring (bicyclic) bond motifs is 1. The molecular formula is C18H28N4O4. The van der Waals surface area contributed by atoms with E-state index >= 15 is 0 Å². The Kier molecular flexibility index (Phi) is 4.04. The lowest BCUT2D eigenvalue weighted by atomic mass is 9.38. The summed E-state index contributed by atoms with van der Waals surface area (Å²) in [7, 11) is 1.67. The summed E-state index contributed by atoms with van der Waals surface area (Å²) in [6, 6.07) is 0.0964. The third kappa shape index (κ3) is 2.37. The van der Waals surface area contributed by atoms with Crippen molar-refractivity contribution < 1.29 is 19.1 Å². The molecular weight excluding hydrogens is 336 g/mol. The van der Waals surface area contributed by atoms with Crippen molar-refractivity contribution in [2.45, 2.75) is 50.6 Å². The molecule has 0 aromatic rings. The molecule has 1 N–H and O–H groups in total. The summed E-state index contributed by atoms with van der Waals surface area (Å²) < 4.78 is 5.31. The standard InChI is InChI=1S/C18H28N4O4/c1-3-4-7-26-16(25)20-5-6-21-13(8-20)9-22(15(21)24)18-10-17(11-18,12-18)14(23)19-2/h13H,3-12H2,1-2H3,(H,19,23)/t13-,17?,18?/m0/s1.